The smallest absolute Gasteiger partial charge is 0.271 e. The predicted molar refractivity (Wildman–Crippen MR) is 72.3 cm³/mol. The average molecular weight is 255 g/mol. The van der Waals surface area contributed by atoms with Gasteiger partial charge in [-0.15, -0.1) is 0 Å². The van der Waals surface area contributed by atoms with Gasteiger partial charge in [-0.2, -0.15) is 5.10 Å². The number of aromatic nitrogens is 1. The summed E-state index contributed by atoms with van der Waals surface area (Å²) in [6, 6.07) is 10.4. The van der Waals surface area contributed by atoms with Crippen molar-refractivity contribution < 1.29 is 9.53 Å². The number of amides is 1. The summed E-state index contributed by atoms with van der Waals surface area (Å²) in [5, 5.41) is 3.86. The summed E-state index contributed by atoms with van der Waals surface area (Å²) in [5.41, 5.74) is 3.78. The maximum absolute atomic E-state index is 11.8. The minimum Gasteiger partial charge on any atom is -0.497 e. The van der Waals surface area contributed by atoms with Crippen molar-refractivity contribution in [3.63, 3.8) is 0 Å². The number of nitrogens with one attached hydrogen (secondary N) is 1. The lowest BCUT2D eigenvalue weighted by Gasteiger charge is -2.01. The van der Waals surface area contributed by atoms with E-state index in [1.54, 1.807) is 49.8 Å². The molecule has 1 aromatic heterocycles. The Balaban J connectivity index is 1.95. The van der Waals surface area contributed by atoms with Gasteiger partial charge in [-0.05, 0) is 30.3 Å². The Morgan fingerprint density at radius 1 is 1.32 bits per heavy atom. The van der Waals surface area contributed by atoms with Crippen LogP contribution in [0.3, 0.4) is 0 Å². The summed E-state index contributed by atoms with van der Waals surface area (Å²) in [6.07, 6.45) is 4.87. The van der Waals surface area contributed by atoms with Crippen molar-refractivity contribution in [2.45, 2.75) is 0 Å². The molecule has 5 heteroatoms. The van der Waals surface area contributed by atoms with Crippen LogP contribution in [0.15, 0.2) is 53.9 Å². The fourth-order valence-electron chi connectivity index (χ4n) is 1.42. The monoisotopic (exact) mass is 255 g/mol. The minimum absolute atomic E-state index is 0.275. The molecule has 2 aromatic rings. The quantitative estimate of drug-likeness (QED) is 0.670. The van der Waals surface area contributed by atoms with Crippen LogP contribution in [0.1, 0.15) is 15.9 Å². The van der Waals surface area contributed by atoms with Gasteiger partial charge in [0, 0.05) is 23.5 Å². The number of hydrazone groups is 1. The van der Waals surface area contributed by atoms with E-state index in [1.807, 2.05) is 6.07 Å². The third-order valence-electron chi connectivity index (χ3n) is 2.42. The van der Waals surface area contributed by atoms with Crippen LogP contribution in [0.2, 0.25) is 0 Å². The third-order valence-corrected chi connectivity index (χ3v) is 2.42. The molecule has 19 heavy (non-hydrogen) atoms. The van der Waals surface area contributed by atoms with Gasteiger partial charge in [0.25, 0.3) is 5.91 Å². The fraction of sp³-hybridized carbons (Fsp3) is 0.0714. The summed E-state index contributed by atoms with van der Waals surface area (Å²) in [6.45, 7) is 0. The number of hydrogen-bond donors (Lipinski definition) is 1. The molecule has 0 atom stereocenters. The van der Waals surface area contributed by atoms with E-state index in [1.165, 1.54) is 6.21 Å². The maximum Gasteiger partial charge on any atom is 0.271 e. The highest BCUT2D eigenvalue weighted by Crippen LogP contribution is 2.10. The molecule has 1 N–H and O–H groups in total. The third kappa shape index (κ3) is 3.64. The number of ether oxygens (including phenoxy) is 1. The van der Waals surface area contributed by atoms with Crippen molar-refractivity contribution >= 4 is 12.1 Å². The first kappa shape index (κ1) is 12.8. The molecule has 0 aliphatic carbocycles. The zero-order valence-electron chi connectivity index (χ0n) is 10.4. The predicted octanol–water partition coefficient (Wildman–Crippen LogP) is 1.85. The van der Waals surface area contributed by atoms with Crippen molar-refractivity contribution in [2.75, 3.05) is 7.11 Å². The molecular formula is C14H13N3O2. The van der Waals surface area contributed by atoms with Crippen molar-refractivity contribution in [2.24, 2.45) is 5.10 Å². The fourth-order valence-corrected chi connectivity index (χ4v) is 1.42. The van der Waals surface area contributed by atoms with Crippen LogP contribution >= 0.6 is 0 Å². The molecular weight excluding hydrogens is 242 g/mol. The molecule has 0 saturated carbocycles. The van der Waals surface area contributed by atoms with Crippen molar-refractivity contribution in [1.29, 1.82) is 0 Å². The molecule has 0 aliphatic heterocycles. The molecule has 96 valence electrons. The lowest BCUT2D eigenvalue weighted by atomic mass is 10.2. The van der Waals surface area contributed by atoms with Crippen LogP contribution < -0.4 is 10.2 Å². The Hall–Kier alpha value is -2.69. The van der Waals surface area contributed by atoms with Crippen molar-refractivity contribution in [3.05, 3.63) is 59.9 Å². The van der Waals surface area contributed by atoms with Crippen LogP contribution in [0, 0.1) is 0 Å². The molecule has 5 nitrogen and oxygen atoms in total. The summed E-state index contributed by atoms with van der Waals surface area (Å²) < 4.78 is 5.02. The van der Waals surface area contributed by atoms with Crippen LogP contribution in [-0.2, 0) is 0 Å². The number of methoxy groups -OCH3 is 1. The number of carbonyl (C=O) groups excluding carboxylic acids is 1. The highest BCUT2D eigenvalue weighted by atomic mass is 16.5. The van der Waals surface area contributed by atoms with Gasteiger partial charge in [-0.25, -0.2) is 5.43 Å². The molecule has 2 rings (SSSR count). The van der Waals surface area contributed by atoms with Gasteiger partial charge in [0.05, 0.1) is 13.3 Å². The topological polar surface area (TPSA) is 63.6 Å². The number of hydrogen-bond acceptors (Lipinski definition) is 4. The second-order valence-corrected chi connectivity index (χ2v) is 3.71. The molecule has 0 unspecified atom stereocenters. The Morgan fingerprint density at radius 2 is 2.11 bits per heavy atom. The first-order valence-electron chi connectivity index (χ1n) is 5.67. The molecule has 0 spiro atoms. The largest absolute Gasteiger partial charge is 0.497 e. The molecule has 1 aromatic carbocycles. The summed E-state index contributed by atoms with van der Waals surface area (Å²) in [7, 11) is 1.58. The molecule has 1 amide bonds. The number of carbonyl (C=O) groups is 1. The molecule has 0 radical (unpaired) electrons. The Morgan fingerprint density at radius 3 is 2.74 bits per heavy atom. The van der Waals surface area contributed by atoms with E-state index in [0.29, 0.717) is 11.3 Å². The second-order valence-electron chi connectivity index (χ2n) is 3.71. The molecule has 0 saturated heterocycles. The highest BCUT2D eigenvalue weighted by Gasteiger charge is 2.03. The molecule has 1 heterocycles. The van der Waals surface area contributed by atoms with Gasteiger partial charge in [0.2, 0.25) is 0 Å². The lowest BCUT2D eigenvalue weighted by Crippen LogP contribution is -2.17. The second kappa shape index (κ2) is 6.30. The Bertz CT molecular complexity index is 565. The van der Waals surface area contributed by atoms with Crippen LogP contribution in [0.25, 0.3) is 0 Å². The summed E-state index contributed by atoms with van der Waals surface area (Å²) in [4.78, 5) is 15.7. The van der Waals surface area contributed by atoms with Gasteiger partial charge in [0.1, 0.15) is 5.75 Å². The lowest BCUT2D eigenvalue weighted by molar-refractivity contribution is 0.0955. The van der Waals surface area contributed by atoms with Crippen molar-refractivity contribution in [1.82, 2.24) is 10.4 Å². The minimum atomic E-state index is -0.275. The number of nitrogens with zero attached hydrogens (tertiary/aromatic N) is 2. The first-order chi connectivity index (χ1) is 9.29. The van der Waals surface area contributed by atoms with E-state index in [0.717, 1.165) is 5.56 Å². The van der Waals surface area contributed by atoms with Crippen LogP contribution in [0.4, 0.5) is 0 Å². The Kier molecular flexibility index (Phi) is 4.23. The zero-order valence-corrected chi connectivity index (χ0v) is 10.4. The van der Waals surface area contributed by atoms with E-state index in [2.05, 4.69) is 15.5 Å². The van der Waals surface area contributed by atoms with Gasteiger partial charge in [-0.1, -0.05) is 6.07 Å². The molecule has 0 aliphatic rings. The van der Waals surface area contributed by atoms with Gasteiger partial charge >= 0.3 is 0 Å². The standard InChI is InChI=1S/C14H13N3O2/c1-19-13-6-4-12(5-7-13)14(18)17-16-10-11-3-2-8-15-9-11/h2-10H,1H3,(H,17,18). The van der Waals surface area contributed by atoms with Crippen LogP contribution in [-0.4, -0.2) is 24.2 Å². The molecule has 0 fully saturated rings. The molecule has 0 bridgehead atoms. The first-order valence-corrected chi connectivity index (χ1v) is 5.67. The Labute approximate surface area is 110 Å². The van der Waals surface area contributed by atoms with E-state index in [4.69, 9.17) is 4.74 Å². The number of pyridine rings is 1. The summed E-state index contributed by atoms with van der Waals surface area (Å²) >= 11 is 0. The summed E-state index contributed by atoms with van der Waals surface area (Å²) in [5.74, 6) is 0.429. The SMILES string of the molecule is COc1ccc(C(=O)NN=Cc2cccnc2)cc1. The number of benzene rings is 1. The van der Waals surface area contributed by atoms with Gasteiger partial charge in [-0.3, -0.25) is 9.78 Å². The van der Waals surface area contributed by atoms with Crippen LogP contribution in [0.5, 0.6) is 5.75 Å². The highest BCUT2D eigenvalue weighted by molar-refractivity contribution is 5.94. The van der Waals surface area contributed by atoms with Gasteiger partial charge < -0.3 is 4.74 Å². The average Bonchev–Trinajstić information content (AvgIpc) is 2.48. The normalized spacial score (nSPS) is 10.4. The van der Waals surface area contributed by atoms with E-state index in [9.17, 15) is 4.79 Å². The van der Waals surface area contributed by atoms with E-state index in [-0.39, 0.29) is 5.91 Å². The van der Waals surface area contributed by atoms with Crippen molar-refractivity contribution in [3.8, 4) is 5.75 Å². The maximum atomic E-state index is 11.8. The van der Waals surface area contributed by atoms with E-state index >= 15 is 0 Å². The van der Waals surface area contributed by atoms with E-state index < -0.39 is 0 Å². The number of rotatable bonds is 4. The van der Waals surface area contributed by atoms with Gasteiger partial charge in [0.15, 0.2) is 0 Å². The zero-order chi connectivity index (χ0) is 13.5.